The SMILES string of the molecule is C#CC(=CC=CN(CCC)CCO)C(=O)OCCCC. The number of aliphatic hydroxyl groups excluding tert-OH is 1. The molecule has 0 saturated heterocycles. The number of hydrogen-bond acceptors (Lipinski definition) is 4. The zero-order valence-corrected chi connectivity index (χ0v) is 12.5. The van der Waals surface area contributed by atoms with Crippen LogP contribution in [0.2, 0.25) is 0 Å². The van der Waals surface area contributed by atoms with Gasteiger partial charge in [0.15, 0.2) is 0 Å². The van der Waals surface area contributed by atoms with Gasteiger partial charge in [-0.25, -0.2) is 4.79 Å². The van der Waals surface area contributed by atoms with E-state index in [9.17, 15) is 4.79 Å². The van der Waals surface area contributed by atoms with Gasteiger partial charge >= 0.3 is 5.97 Å². The Kier molecular flexibility index (Phi) is 11.2. The lowest BCUT2D eigenvalue weighted by Crippen LogP contribution is -2.21. The molecule has 1 N–H and O–H groups in total. The number of allylic oxidation sites excluding steroid dienone is 2. The number of terminal acetylenes is 1. The minimum Gasteiger partial charge on any atom is -0.462 e. The fraction of sp³-hybridized carbons (Fsp3) is 0.562. The third kappa shape index (κ3) is 8.39. The summed E-state index contributed by atoms with van der Waals surface area (Å²) in [5.41, 5.74) is 0.206. The van der Waals surface area contributed by atoms with Gasteiger partial charge in [-0.1, -0.05) is 26.2 Å². The number of nitrogens with zero attached hydrogens (tertiary/aromatic N) is 1. The largest absolute Gasteiger partial charge is 0.462 e. The Bertz CT molecular complexity index is 360. The van der Waals surface area contributed by atoms with Crippen LogP contribution in [0, 0.1) is 12.3 Å². The third-order valence-electron chi connectivity index (χ3n) is 2.56. The average molecular weight is 279 g/mol. The van der Waals surface area contributed by atoms with Crippen molar-refractivity contribution in [1.82, 2.24) is 4.90 Å². The van der Waals surface area contributed by atoms with Crippen molar-refractivity contribution in [3.63, 3.8) is 0 Å². The summed E-state index contributed by atoms with van der Waals surface area (Å²) in [5, 5.41) is 8.93. The van der Waals surface area contributed by atoms with Crippen molar-refractivity contribution in [2.45, 2.75) is 33.1 Å². The standard InChI is InChI=1S/C16H25NO3/c1-4-7-14-20-16(19)15(6-3)9-8-11-17(10-5-2)12-13-18/h3,8-9,11,18H,4-5,7,10,12-14H2,1-2H3. The molecule has 4 heteroatoms. The van der Waals surface area contributed by atoms with Crippen molar-refractivity contribution in [2.75, 3.05) is 26.3 Å². The molecule has 0 rings (SSSR count). The van der Waals surface area contributed by atoms with Crippen LogP contribution in [0.5, 0.6) is 0 Å². The number of rotatable bonds is 10. The Labute approximate surface area is 122 Å². The maximum absolute atomic E-state index is 11.7. The van der Waals surface area contributed by atoms with Gasteiger partial charge in [0.1, 0.15) is 5.57 Å². The summed E-state index contributed by atoms with van der Waals surface area (Å²) in [6.45, 7) is 5.98. The van der Waals surface area contributed by atoms with E-state index in [0.29, 0.717) is 13.2 Å². The predicted molar refractivity (Wildman–Crippen MR) is 80.9 cm³/mol. The van der Waals surface area contributed by atoms with E-state index >= 15 is 0 Å². The van der Waals surface area contributed by atoms with E-state index in [4.69, 9.17) is 16.3 Å². The summed E-state index contributed by atoms with van der Waals surface area (Å²) in [7, 11) is 0. The lowest BCUT2D eigenvalue weighted by atomic mass is 10.2. The van der Waals surface area contributed by atoms with Crippen molar-refractivity contribution in [2.24, 2.45) is 0 Å². The van der Waals surface area contributed by atoms with Gasteiger partial charge in [-0.2, -0.15) is 0 Å². The highest BCUT2D eigenvalue weighted by Gasteiger charge is 2.06. The Balaban J connectivity index is 4.48. The fourth-order valence-corrected chi connectivity index (χ4v) is 1.50. The van der Waals surface area contributed by atoms with Crippen LogP contribution in [0.15, 0.2) is 23.9 Å². The first kappa shape index (κ1) is 18.3. The first-order valence-electron chi connectivity index (χ1n) is 7.06. The Morgan fingerprint density at radius 3 is 2.65 bits per heavy atom. The number of aliphatic hydroxyl groups is 1. The molecule has 0 radical (unpaired) electrons. The average Bonchev–Trinajstić information content (AvgIpc) is 2.44. The van der Waals surface area contributed by atoms with Gasteiger partial charge in [-0.05, 0) is 31.2 Å². The van der Waals surface area contributed by atoms with Crippen molar-refractivity contribution in [3.05, 3.63) is 23.9 Å². The van der Waals surface area contributed by atoms with E-state index < -0.39 is 5.97 Å². The third-order valence-corrected chi connectivity index (χ3v) is 2.56. The zero-order valence-electron chi connectivity index (χ0n) is 12.5. The summed E-state index contributed by atoms with van der Waals surface area (Å²) in [5.74, 6) is 1.87. The Morgan fingerprint density at radius 1 is 1.35 bits per heavy atom. The molecular weight excluding hydrogens is 254 g/mol. The highest BCUT2D eigenvalue weighted by molar-refractivity contribution is 5.93. The molecule has 4 nitrogen and oxygen atoms in total. The lowest BCUT2D eigenvalue weighted by Gasteiger charge is -2.17. The Hall–Kier alpha value is -1.73. The van der Waals surface area contributed by atoms with Gasteiger partial charge in [0.05, 0.1) is 13.2 Å². The number of carbonyl (C=O) groups excluding carboxylic acids is 1. The topological polar surface area (TPSA) is 49.8 Å². The highest BCUT2D eigenvalue weighted by Crippen LogP contribution is 2.00. The van der Waals surface area contributed by atoms with Crippen LogP contribution in [0.25, 0.3) is 0 Å². The van der Waals surface area contributed by atoms with Gasteiger partial charge < -0.3 is 14.7 Å². The molecule has 0 bridgehead atoms. The van der Waals surface area contributed by atoms with Crippen LogP contribution in [0.4, 0.5) is 0 Å². The van der Waals surface area contributed by atoms with Crippen LogP contribution in [0.3, 0.4) is 0 Å². The van der Waals surface area contributed by atoms with Crippen LogP contribution in [0.1, 0.15) is 33.1 Å². The summed E-state index contributed by atoms with van der Waals surface area (Å²) in [4.78, 5) is 13.6. The molecule has 112 valence electrons. The van der Waals surface area contributed by atoms with E-state index in [2.05, 4.69) is 12.8 Å². The van der Waals surface area contributed by atoms with E-state index in [0.717, 1.165) is 25.8 Å². The van der Waals surface area contributed by atoms with Gasteiger partial charge in [0, 0.05) is 13.1 Å². The molecule has 0 heterocycles. The molecule has 0 aliphatic rings. The van der Waals surface area contributed by atoms with E-state index in [-0.39, 0.29) is 12.2 Å². The van der Waals surface area contributed by atoms with Crippen LogP contribution in [-0.4, -0.2) is 42.3 Å². The molecule has 0 aromatic carbocycles. The number of carbonyl (C=O) groups is 1. The van der Waals surface area contributed by atoms with Gasteiger partial charge in [-0.3, -0.25) is 0 Å². The smallest absolute Gasteiger partial charge is 0.346 e. The monoisotopic (exact) mass is 279 g/mol. The summed E-state index contributed by atoms with van der Waals surface area (Å²) in [6.07, 6.45) is 13.2. The minimum absolute atomic E-state index is 0.0924. The molecule has 0 spiro atoms. The second-order valence-corrected chi connectivity index (χ2v) is 4.32. The van der Waals surface area contributed by atoms with Gasteiger partial charge in [0.25, 0.3) is 0 Å². The molecule has 0 aliphatic carbocycles. The molecule has 0 aromatic rings. The van der Waals surface area contributed by atoms with Crippen LogP contribution in [-0.2, 0) is 9.53 Å². The van der Waals surface area contributed by atoms with Gasteiger partial charge in [-0.15, -0.1) is 6.42 Å². The van der Waals surface area contributed by atoms with E-state index in [1.54, 1.807) is 12.2 Å². The zero-order chi connectivity index (χ0) is 15.2. The molecule has 20 heavy (non-hydrogen) atoms. The van der Waals surface area contributed by atoms with Crippen LogP contribution < -0.4 is 0 Å². The predicted octanol–water partition coefficient (Wildman–Crippen LogP) is 2.11. The normalized spacial score (nSPS) is 11.4. The highest BCUT2D eigenvalue weighted by atomic mass is 16.5. The lowest BCUT2D eigenvalue weighted by molar-refractivity contribution is -0.138. The number of esters is 1. The summed E-state index contributed by atoms with van der Waals surface area (Å²) in [6, 6.07) is 0. The van der Waals surface area contributed by atoms with E-state index in [1.165, 1.54) is 0 Å². The number of ether oxygens (including phenoxy) is 1. The second-order valence-electron chi connectivity index (χ2n) is 4.32. The van der Waals surface area contributed by atoms with Crippen molar-refractivity contribution in [1.29, 1.82) is 0 Å². The molecule has 0 fully saturated rings. The molecule has 0 saturated carbocycles. The molecule has 0 aromatic heterocycles. The molecular formula is C16H25NO3. The number of hydrogen-bond donors (Lipinski definition) is 1. The number of unbranched alkanes of at least 4 members (excludes halogenated alkanes) is 1. The molecule has 0 amide bonds. The first-order chi connectivity index (χ1) is 9.69. The van der Waals surface area contributed by atoms with Gasteiger partial charge in [0.2, 0.25) is 0 Å². The van der Waals surface area contributed by atoms with Crippen molar-refractivity contribution in [3.8, 4) is 12.3 Å². The summed E-state index contributed by atoms with van der Waals surface area (Å²) >= 11 is 0. The quantitative estimate of drug-likeness (QED) is 0.219. The maximum atomic E-state index is 11.7. The van der Waals surface area contributed by atoms with Crippen molar-refractivity contribution >= 4 is 5.97 Å². The van der Waals surface area contributed by atoms with Crippen LogP contribution >= 0.6 is 0 Å². The molecule has 0 unspecified atom stereocenters. The van der Waals surface area contributed by atoms with E-state index in [1.807, 2.05) is 18.0 Å². The molecule has 0 atom stereocenters. The first-order valence-corrected chi connectivity index (χ1v) is 7.06. The Morgan fingerprint density at radius 2 is 2.10 bits per heavy atom. The molecule has 0 aliphatic heterocycles. The fourth-order valence-electron chi connectivity index (χ4n) is 1.50. The van der Waals surface area contributed by atoms with Crippen molar-refractivity contribution < 1.29 is 14.6 Å². The summed E-state index contributed by atoms with van der Waals surface area (Å²) < 4.78 is 5.05. The minimum atomic E-state index is -0.463. The second kappa shape index (κ2) is 12.3. The maximum Gasteiger partial charge on any atom is 0.346 e.